The van der Waals surface area contributed by atoms with Gasteiger partial charge in [-0.25, -0.2) is 17.2 Å². The molecule has 1 saturated heterocycles. The number of rotatable bonds is 9. The molecule has 1 aromatic carbocycles. The minimum Gasteiger partial charge on any atom is -0.350 e. The second kappa shape index (κ2) is 11.2. The van der Waals surface area contributed by atoms with Crippen LogP contribution >= 0.6 is 0 Å². The molecule has 1 aliphatic rings. The van der Waals surface area contributed by atoms with Gasteiger partial charge < -0.3 is 10.6 Å². The Labute approximate surface area is 204 Å². The zero-order valence-electron chi connectivity index (χ0n) is 19.7. The Bertz CT molecular complexity index is 1110. The summed E-state index contributed by atoms with van der Waals surface area (Å²) < 4.78 is 55.8. The lowest BCUT2D eigenvalue weighted by molar-refractivity contribution is -0.136. The SMILES string of the molecule is CC(C)CC(NC(=O)C1CC(F)(F)CCN1S(=O)(=O)c1ccccc1)C(=O)NCc1cccnc1. The van der Waals surface area contributed by atoms with Crippen LogP contribution < -0.4 is 10.6 Å². The highest BCUT2D eigenvalue weighted by Gasteiger charge is 2.48. The van der Waals surface area contributed by atoms with E-state index >= 15 is 0 Å². The molecule has 2 atom stereocenters. The van der Waals surface area contributed by atoms with E-state index in [0.29, 0.717) is 0 Å². The van der Waals surface area contributed by atoms with Gasteiger partial charge in [0.25, 0.3) is 5.92 Å². The van der Waals surface area contributed by atoms with Crippen LogP contribution in [0.25, 0.3) is 0 Å². The van der Waals surface area contributed by atoms with E-state index in [9.17, 15) is 26.8 Å². The van der Waals surface area contributed by atoms with E-state index in [4.69, 9.17) is 0 Å². The highest BCUT2D eigenvalue weighted by molar-refractivity contribution is 7.89. The fourth-order valence-electron chi connectivity index (χ4n) is 3.94. The lowest BCUT2D eigenvalue weighted by atomic mass is 9.98. The first kappa shape index (κ1) is 26.7. The molecule has 0 bridgehead atoms. The number of carbonyl (C=O) groups excluding carboxylic acids is 2. The molecule has 0 radical (unpaired) electrons. The van der Waals surface area contributed by atoms with Gasteiger partial charge in [0.15, 0.2) is 0 Å². The molecule has 2 unspecified atom stereocenters. The standard InChI is InChI=1S/C24H30F2N4O4S/c1-17(2)13-20(22(31)28-16-18-7-6-11-27-15-18)29-23(32)21-14-24(25,26)10-12-30(21)35(33,34)19-8-4-3-5-9-19/h3-9,11,15,17,20-21H,10,12-14,16H2,1-2H3,(H,28,31)(H,29,32). The Hall–Kier alpha value is -2.92. The van der Waals surface area contributed by atoms with Crippen LogP contribution in [0.3, 0.4) is 0 Å². The number of halogens is 2. The summed E-state index contributed by atoms with van der Waals surface area (Å²) in [7, 11) is -4.20. The molecule has 11 heteroatoms. The molecule has 2 N–H and O–H groups in total. The number of sulfonamides is 1. The fraction of sp³-hybridized carbons (Fsp3) is 0.458. The predicted octanol–water partition coefficient (Wildman–Crippen LogP) is 2.72. The lowest BCUT2D eigenvalue weighted by Crippen LogP contribution is -2.59. The van der Waals surface area contributed by atoms with Crippen molar-refractivity contribution in [2.45, 2.75) is 62.6 Å². The maximum absolute atomic E-state index is 14.3. The van der Waals surface area contributed by atoms with E-state index in [0.717, 1.165) is 9.87 Å². The Morgan fingerprint density at radius 3 is 2.51 bits per heavy atom. The average Bonchev–Trinajstić information content (AvgIpc) is 2.82. The lowest BCUT2D eigenvalue weighted by Gasteiger charge is -2.38. The van der Waals surface area contributed by atoms with Gasteiger partial charge in [0.1, 0.15) is 12.1 Å². The molecule has 1 aromatic heterocycles. The minimum atomic E-state index is -4.20. The van der Waals surface area contributed by atoms with Crippen LogP contribution in [0.5, 0.6) is 0 Å². The van der Waals surface area contributed by atoms with E-state index in [1.807, 2.05) is 13.8 Å². The average molecular weight is 509 g/mol. The number of alkyl halides is 2. The monoisotopic (exact) mass is 508 g/mol. The van der Waals surface area contributed by atoms with Crippen LogP contribution in [0, 0.1) is 5.92 Å². The maximum atomic E-state index is 14.3. The molecule has 8 nitrogen and oxygen atoms in total. The summed E-state index contributed by atoms with van der Waals surface area (Å²) in [6, 6.07) is 8.21. The number of aromatic nitrogens is 1. The van der Waals surface area contributed by atoms with Crippen LogP contribution in [-0.2, 0) is 26.2 Å². The summed E-state index contributed by atoms with van der Waals surface area (Å²) in [5.74, 6) is -4.62. The van der Waals surface area contributed by atoms with E-state index in [1.165, 1.54) is 24.3 Å². The topological polar surface area (TPSA) is 108 Å². The van der Waals surface area contributed by atoms with Crippen molar-refractivity contribution in [2.24, 2.45) is 5.92 Å². The number of nitrogens with zero attached hydrogens (tertiary/aromatic N) is 2. The van der Waals surface area contributed by atoms with Crippen molar-refractivity contribution < 1.29 is 26.8 Å². The summed E-state index contributed by atoms with van der Waals surface area (Å²) in [6.45, 7) is 3.38. The summed E-state index contributed by atoms with van der Waals surface area (Å²) in [4.78, 5) is 30.0. The second-order valence-corrected chi connectivity index (χ2v) is 10.9. The van der Waals surface area contributed by atoms with Crippen LogP contribution in [0.15, 0.2) is 59.8 Å². The van der Waals surface area contributed by atoms with Gasteiger partial charge in [-0.05, 0) is 36.1 Å². The van der Waals surface area contributed by atoms with Gasteiger partial charge >= 0.3 is 0 Å². The van der Waals surface area contributed by atoms with Crippen LogP contribution in [0.1, 0.15) is 38.7 Å². The van der Waals surface area contributed by atoms with Crippen LogP contribution in [0.2, 0.25) is 0 Å². The molecule has 0 saturated carbocycles. The Morgan fingerprint density at radius 2 is 1.89 bits per heavy atom. The molecular weight excluding hydrogens is 478 g/mol. The predicted molar refractivity (Wildman–Crippen MR) is 126 cm³/mol. The van der Waals surface area contributed by atoms with Crippen molar-refractivity contribution in [3.8, 4) is 0 Å². The summed E-state index contributed by atoms with van der Waals surface area (Å²) in [5, 5.41) is 5.26. The van der Waals surface area contributed by atoms with Gasteiger partial charge in [0.2, 0.25) is 21.8 Å². The van der Waals surface area contributed by atoms with Crippen molar-refractivity contribution in [3.63, 3.8) is 0 Å². The Balaban J connectivity index is 1.80. The largest absolute Gasteiger partial charge is 0.350 e. The number of hydrogen-bond donors (Lipinski definition) is 2. The molecule has 2 amide bonds. The molecule has 3 rings (SSSR count). The molecule has 35 heavy (non-hydrogen) atoms. The number of hydrogen-bond acceptors (Lipinski definition) is 5. The van der Waals surface area contributed by atoms with Gasteiger partial charge in [-0.2, -0.15) is 4.31 Å². The van der Waals surface area contributed by atoms with Crippen molar-refractivity contribution in [1.82, 2.24) is 19.9 Å². The maximum Gasteiger partial charge on any atom is 0.251 e. The number of pyridine rings is 1. The third-order valence-corrected chi connectivity index (χ3v) is 7.64. The van der Waals surface area contributed by atoms with Crippen molar-refractivity contribution >= 4 is 21.8 Å². The number of amides is 2. The third kappa shape index (κ3) is 7.04. The molecule has 0 aliphatic carbocycles. The Morgan fingerprint density at radius 1 is 1.17 bits per heavy atom. The third-order valence-electron chi connectivity index (χ3n) is 5.72. The summed E-state index contributed by atoms with van der Waals surface area (Å²) >= 11 is 0. The highest BCUT2D eigenvalue weighted by atomic mass is 32.2. The zero-order chi connectivity index (χ0) is 25.6. The number of carbonyl (C=O) groups is 2. The zero-order valence-corrected chi connectivity index (χ0v) is 20.5. The van der Waals surface area contributed by atoms with Gasteiger partial charge in [-0.1, -0.05) is 38.1 Å². The first-order chi connectivity index (χ1) is 16.5. The molecule has 2 aromatic rings. The van der Waals surface area contributed by atoms with Gasteiger partial charge in [0.05, 0.1) is 4.90 Å². The van der Waals surface area contributed by atoms with Crippen molar-refractivity contribution in [1.29, 1.82) is 0 Å². The van der Waals surface area contributed by atoms with Gasteiger partial charge in [0, 0.05) is 38.3 Å². The first-order valence-electron chi connectivity index (χ1n) is 11.4. The summed E-state index contributed by atoms with van der Waals surface area (Å²) in [5.41, 5.74) is 0.752. The first-order valence-corrected chi connectivity index (χ1v) is 12.9. The molecule has 1 fully saturated rings. The molecule has 2 heterocycles. The van der Waals surface area contributed by atoms with Crippen molar-refractivity contribution in [2.75, 3.05) is 6.54 Å². The summed E-state index contributed by atoms with van der Waals surface area (Å²) in [6.07, 6.45) is 1.79. The molecule has 190 valence electrons. The second-order valence-electron chi connectivity index (χ2n) is 9.02. The Kier molecular flexibility index (Phi) is 8.55. The smallest absolute Gasteiger partial charge is 0.251 e. The molecular formula is C24H30F2N4O4S. The highest BCUT2D eigenvalue weighted by Crippen LogP contribution is 2.35. The van der Waals surface area contributed by atoms with E-state index < -0.39 is 59.2 Å². The van der Waals surface area contributed by atoms with E-state index in [1.54, 1.807) is 30.6 Å². The fourth-order valence-corrected chi connectivity index (χ4v) is 5.55. The van der Waals surface area contributed by atoms with Crippen LogP contribution in [0.4, 0.5) is 8.78 Å². The number of benzene rings is 1. The normalized spacial score (nSPS) is 19.2. The van der Waals surface area contributed by atoms with Gasteiger partial charge in [-0.3, -0.25) is 14.6 Å². The van der Waals surface area contributed by atoms with E-state index in [2.05, 4.69) is 15.6 Å². The molecule has 1 aliphatic heterocycles. The van der Waals surface area contributed by atoms with Crippen LogP contribution in [-0.4, -0.2) is 54.1 Å². The van der Waals surface area contributed by atoms with E-state index in [-0.39, 0.29) is 23.8 Å². The quantitative estimate of drug-likeness (QED) is 0.542. The number of nitrogens with one attached hydrogen (secondary N) is 2. The van der Waals surface area contributed by atoms with Gasteiger partial charge in [-0.15, -0.1) is 0 Å². The number of piperidine rings is 1. The van der Waals surface area contributed by atoms with Crippen molar-refractivity contribution in [3.05, 3.63) is 60.4 Å². The minimum absolute atomic E-state index is 0.00129. The molecule has 0 spiro atoms.